The van der Waals surface area contributed by atoms with Crippen molar-refractivity contribution in [1.82, 2.24) is 15.2 Å². The SMILES string of the molecule is CC(C(=O)NCCc1ccc(F)cc1)N(C)Cc1nc2ccccc2s1. The van der Waals surface area contributed by atoms with Crippen LogP contribution in [0.15, 0.2) is 48.5 Å². The van der Waals surface area contributed by atoms with Gasteiger partial charge in [0.1, 0.15) is 10.8 Å². The number of hydrogen-bond acceptors (Lipinski definition) is 4. The maximum absolute atomic E-state index is 12.9. The number of carbonyl (C=O) groups excluding carboxylic acids is 1. The number of para-hydroxylation sites is 1. The van der Waals surface area contributed by atoms with Gasteiger partial charge < -0.3 is 5.32 Å². The first kappa shape index (κ1) is 18.5. The van der Waals surface area contributed by atoms with Crippen molar-refractivity contribution in [3.05, 3.63) is 64.9 Å². The van der Waals surface area contributed by atoms with Gasteiger partial charge in [-0.2, -0.15) is 0 Å². The van der Waals surface area contributed by atoms with Gasteiger partial charge in [-0.05, 0) is 50.2 Å². The average Bonchev–Trinajstić information content (AvgIpc) is 3.04. The van der Waals surface area contributed by atoms with E-state index in [-0.39, 0.29) is 17.8 Å². The van der Waals surface area contributed by atoms with Crippen molar-refractivity contribution in [2.24, 2.45) is 0 Å². The predicted octanol–water partition coefficient (Wildman–Crippen LogP) is 3.61. The van der Waals surface area contributed by atoms with Gasteiger partial charge in [-0.1, -0.05) is 24.3 Å². The van der Waals surface area contributed by atoms with E-state index in [1.54, 1.807) is 23.5 Å². The Bertz CT molecular complexity index is 845. The summed E-state index contributed by atoms with van der Waals surface area (Å²) in [6.07, 6.45) is 0.681. The van der Waals surface area contributed by atoms with Gasteiger partial charge >= 0.3 is 0 Å². The Morgan fingerprint density at radius 1 is 1.23 bits per heavy atom. The number of aromatic nitrogens is 1. The molecule has 2 aromatic carbocycles. The van der Waals surface area contributed by atoms with Gasteiger partial charge in [0.25, 0.3) is 0 Å². The van der Waals surface area contributed by atoms with Gasteiger partial charge in [-0.3, -0.25) is 9.69 Å². The lowest BCUT2D eigenvalue weighted by Crippen LogP contribution is -2.43. The van der Waals surface area contributed by atoms with Crippen LogP contribution in [0, 0.1) is 5.82 Å². The van der Waals surface area contributed by atoms with Crippen LogP contribution in [0.5, 0.6) is 0 Å². The Hall–Kier alpha value is -2.31. The van der Waals surface area contributed by atoms with Gasteiger partial charge in [0.15, 0.2) is 0 Å². The van der Waals surface area contributed by atoms with E-state index in [2.05, 4.69) is 16.4 Å². The summed E-state index contributed by atoms with van der Waals surface area (Å²) in [4.78, 5) is 19.0. The summed E-state index contributed by atoms with van der Waals surface area (Å²) in [5.41, 5.74) is 2.00. The van der Waals surface area contributed by atoms with Crippen molar-refractivity contribution in [2.75, 3.05) is 13.6 Å². The Kier molecular flexibility index (Phi) is 5.96. The highest BCUT2D eigenvalue weighted by molar-refractivity contribution is 7.18. The zero-order chi connectivity index (χ0) is 18.5. The van der Waals surface area contributed by atoms with Crippen molar-refractivity contribution >= 4 is 27.5 Å². The number of nitrogens with one attached hydrogen (secondary N) is 1. The molecule has 0 aliphatic rings. The summed E-state index contributed by atoms with van der Waals surface area (Å²) in [5.74, 6) is -0.265. The first-order chi connectivity index (χ1) is 12.5. The Balaban J connectivity index is 1.49. The standard InChI is InChI=1S/C20H22FN3OS/c1-14(20(25)22-12-11-15-7-9-16(21)10-8-15)24(2)13-19-23-17-5-3-4-6-18(17)26-19/h3-10,14H,11-13H2,1-2H3,(H,22,25). The maximum Gasteiger partial charge on any atom is 0.237 e. The molecule has 0 aliphatic carbocycles. The smallest absolute Gasteiger partial charge is 0.237 e. The quantitative estimate of drug-likeness (QED) is 0.690. The molecule has 1 N–H and O–H groups in total. The molecule has 1 aromatic heterocycles. The fourth-order valence-electron chi connectivity index (χ4n) is 2.67. The summed E-state index contributed by atoms with van der Waals surface area (Å²) >= 11 is 1.66. The summed E-state index contributed by atoms with van der Waals surface area (Å²) in [6.45, 7) is 3.05. The fraction of sp³-hybridized carbons (Fsp3) is 0.300. The highest BCUT2D eigenvalue weighted by Crippen LogP contribution is 2.22. The number of rotatable bonds is 7. The predicted molar refractivity (Wildman–Crippen MR) is 104 cm³/mol. The minimum Gasteiger partial charge on any atom is -0.354 e. The third-order valence-electron chi connectivity index (χ3n) is 4.39. The molecule has 1 heterocycles. The topological polar surface area (TPSA) is 45.2 Å². The van der Waals surface area contributed by atoms with Crippen LogP contribution in [-0.2, 0) is 17.8 Å². The van der Waals surface area contributed by atoms with Gasteiger partial charge in [0, 0.05) is 6.54 Å². The number of thiazole rings is 1. The normalized spacial score (nSPS) is 12.5. The largest absolute Gasteiger partial charge is 0.354 e. The molecule has 6 heteroatoms. The van der Waals surface area contributed by atoms with Crippen LogP contribution in [0.1, 0.15) is 17.5 Å². The van der Waals surface area contributed by atoms with Crippen LogP contribution in [0.3, 0.4) is 0 Å². The summed E-state index contributed by atoms with van der Waals surface area (Å²) < 4.78 is 14.1. The van der Waals surface area contributed by atoms with E-state index in [9.17, 15) is 9.18 Å². The average molecular weight is 371 g/mol. The molecule has 3 rings (SSSR count). The van der Waals surface area contributed by atoms with E-state index in [1.807, 2.05) is 37.1 Å². The lowest BCUT2D eigenvalue weighted by Gasteiger charge is -2.22. The van der Waals surface area contributed by atoms with Crippen LogP contribution in [0.25, 0.3) is 10.2 Å². The molecule has 1 amide bonds. The molecule has 0 fully saturated rings. The Morgan fingerprint density at radius 2 is 1.96 bits per heavy atom. The van der Waals surface area contributed by atoms with Gasteiger partial charge in [0.05, 0.1) is 22.8 Å². The van der Waals surface area contributed by atoms with E-state index in [1.165, 1.54) is 12.1 Å². The van der Waals surface area contributed by atoms with Crippen molar-refractivity contribution in [2.45, 2.75) is 25.9 Å². The lowest BCUT2D eigenvalue weighted by molar-refractivity contribution is -0.125. The zero-order valence-corrected chi connectivity index (χ0v) is 15.7. The minimum atomic E-state index is -0.254. The Morgan fingerprint density at radius 3 is 2.69 bits per heavy atom. The molecule has 0 spiro atoms. The van der Waals surface area contributed by atoms with Crippen molar-refractivity contribution < 1.29 is 9.18 Å². The van der Waals surface area contributed by atoms with Gasteiger partial charge in [0.2, 0.25) is 5.91 Å². The van der Waals surface area contributed by atoms with E-state index in [0.29, 0.717) is 19.5 Å². The molecule has 3 aromatic rings. The minimum absolute atomic E-state index is 0.0178. The number of likely N-dealkylation sites (N-methyl/N-ethyl adjacent to an activating group) is 1. The van der Waals surface area contributed by atoms with Crippen LogP contribution >= 0.6 is 11.3 Å². The molecule has 0 saturated heterocycles. The number of carbonyl (C=O) groups is 1. The summed E-state index contributed by atoms with van der Waals surface area (Å²) in [7, 11) is 1.93. The fourth-order valence-corrected chi connectivity index (χ4v) is 3.70. The molecular formula is C20H22FN3OS. The molecular weight excluding hydrogens is 349 g/mol. The molecule has 4 nitrogen and oxygen atoms in total. The number of amides is 1. The van der Waals surface area contributed by atoms with Crippen LogP contribution in [-0.4, -0.2) is 35.4 Å². The lowest BCUT2D eigenvalue weighted by atomic mass is 10.1. The molecule has 1 atom stereocenters. The number of halogens is 1. The summed E-state index contributed by atoms with van der Waals surface area (Å²) in [5, 5.41) is 3.95. The van der Waals surface area contributed by atoms with Gasteiger partial charge in [-0.25, -0.2) is 9.37 Å². The van der Waals surface area contributed by atoms with Crippen molar-refractivity contribution in [3.8, 4) is 0 Å². The molecule has 0 radical (unpaired) electrons. The second-order valence-corrected chi connectivity index (χ2v) is 7.45. The van der Waals surface area contributed by atoms with E-state index in [4.69, 9.17) is 0 Å². The zero-order valence-electron chi connectivity index (χ0n) is 14.9. The second-order valence-electron chi connectivity index (χ2n) is 6.33. The number of hydrogen-bond donors (Lipinski definition) is 1. The number of fused-ring (bicyclic) bond motifs is 1. The maximum atomic E-state index is 12.9. The van der Waals surface area contributed by atoms with E-state index in [0.717, 1.165) is 20.8 Å². The molecule has 26 heavy (non-hydrogen) atoms. The number of benzene rings is 2. The monoisotopic (exact) mass is 371 g/mol. The van der Waals surface area contributed by atoms with E-state index < -0.39 is 0 Å². The molecule has 0 saturated carbocycles. The van der Waals surface area contributed by atoms with Crippen LogP contribution in [0.4, 0.5) is 4.39 Å². The molecule has 1 unspecified atom stereocenters. The molecule has 0 aliphatic heterocycles. The van der Waals surface area contributed by atoms with Crippen molar-refractivity contribution in [3.63, 3.8) is 0 Å². The Labute approximate surface area is 156 Å². The first-order valence-electron chi connectivity index (χ1n) is 8.60. The highest BCUT2D eigenvalue weighted by atomic mass is 32.1. The third-order valence-corrected chi connectivity index (χ3v) is 5.41. The highest BCUT2D eigenvalue weighted by Gasteiger charge is 2.19. The summed E-state index contributed by atoms with van der Waals surface area (Å²) in [6, 6.07) is 14.1. The van der Waals surface area contributed by atoms with Crippen molar-refractivity contribution in [1.29, 1.82) is 0 Å². The van der Waals surface area contributed by atoms with E-state index >= 15 is 0 Å². The molecule has 136 valence electrons. The first-order valence-corrected chi connectivity index (χ1v) is 9.41. The number of nitrogens with zero attached hydrogens (tertiary/aromatic N) is 2. The third kappa shape index (κ3) is 4.65. The second kappa shape index (κ2) is 8.38. The van der Waals surface area contributed by atoms with Crippen LogP contribution < -0.4 is 5.32 Å². The van der Waals surface area contributed by atoms with Gasteiger partial charge in [-0.15, -0.1) is 11.3 Å². The van der Waals surface area contributed by atoms with Crippen LogP contribution in [0.2, 0.25) is 0 Å². The molecule has 0 bridgehead atoms.